The van der Waals surface area contributed by atoms with Gasteiger partial charge >= 0.3 is 18.2 Å². The van der Waals surface area contributed by atoms with Gasteiger partial charge in [0.05, 0.1) is 16.7 Å². The molecule has 4 rings (SSSR count). The molecule has 1 saturated heterocycles. The van der Waals surface area contributed by atoms with E-state index in [1.54, 1.807) is 11.0 Å². The molecule has 3 N–H and O–H groups in total. The first-order valence-electron chi connectivity index (χ1n) is 14.2. The van der Waals surface area contributed by atoms with Crippen LogP contribution in [0.3, 0.4) is 0 Å². The normalized spacial score (nSPS) is 14.8. The van der Waals surface area contributed by atoms with Crippen molar-refractivity contribution >= 4 is 17.7 Å². The highest BCUT2D eigenvalue weighted by molar-refractivity contribution is 5.90. The number of alkyl halides is 3. The number of benzene rings is 3. The molecule has 0 aromatic heterocycles. The minimum atomic E-state index is -4.49. The van der Waals surface area contributed by atoms with Gasteiger partial charge in [0.25, 0.3) is 0 Å². The molecule has 43 heavy (non-hydrogen) atoms. The number of halogens is 3. The summed E-state index contributed by atoms with van der Waals surface area (Å²) >= 11 is 0. The maximum atomic E-state index is 13.2. The summed E-state index contributed by atoms with van der Waals surface area (Å²) in [6.45, 7) is 4.98. The fourth-order valence-electron chi connectivity index (χ4n) is 5.06. The number of hydrogen-bond acceptors (Lipinski definition) is 5. The Labute approximate surface area is 248 Å². The van der Waals surface area contributed by atoms with E-state index in [0.717, 1.165) is 25.0 Å². The number of anilines is 1. The molecule has 0 atom stereocenters. The Bertz CT molecular complexity index is 1400. The van der Waals surface area contributed by atoms with Crippen LogP contribution in [0, 0.1) is 5.92 Å². The molecule has 11 heteroatoms. The molecule has 2 amide bonds. The van der Waals surface area contributed by atoms with E-state index in [1.807, 2.05) is 0 Å². The summed E-state index contributed by atoms with van der Waals surface area (Å²) in [4.78, 5) is 26.0. The molecular weight excluding hydrogens is 565 g/mol. The van der Waals surface area contributed by atoms with Gasteiger partial charge in [0.2, 0.25) is 0 Å². The highest BCUT2D eigenvalue weighted by Gasteiger charge is 2.35. The molecule has 3 aromatic carbocycles. The lowest BCUT2D eigenvalue weighted by Crippen LogP contribution is -2.48. The Morgan fingerprint density at radius 1 is 0.884 bits per heavy atom. The topological polar surface area (TPSA) is 108 Å². The summed E-state index contributed by atoms with van der Waals surface area (Å²) in [6.07, 6.45) is -0.877. The third-order valence-corrected chi connectivity index (χ3v) is 7.69. The Morgan fingerprint density at radius 3 is 1.86 bits per heavy atom. The smallest absolute Gasteiger partial charge is 0.416 e. The largest absolute Gasteiger partial charge is 0.478 e. The number of nitrogens with zero attached hydrogens (tertiary/aromatic N) is 1. The van der Waals surface area contributed by atoms with Crippen LogP contribution < -0.4 is 14.8 Å². The standard InChI is InChI=1S/C32H35F3N2O6/c1-3-21(4-2)20-31(41)13-15-37(16-14-31)30(40)36-24-17-27(42-25-9-5-22(6-10-25)29(38)39)19-28(18-24)43-26-11-7-23(8-12-26)32(33,34)35/h5-12,17-19,21,41H,3-4,13-16,20H2,1-2H3,(H,36,40)(H,38,39). The molecule has 0 unspecified atom stereocenters. The van der Waals surface area contributed by atoms with Gasteiger partial charge in [0.15, 0.2) is 0 Å². The second kappa shape index (κ2) is 13.4. The molecule has 8 nitrogen and oxygen atoms in total. The highest BCUT2D eigenvalue weighted by Crippen LogP contribution is 2.36. The van der Waals surface area contributed by atoms with Crippen LogP contribution >= 0.6 is 0 Å². The van der Waals surface area contributed by atoms with Crippen molar-refractivity contribution in [3.8, 4) is 23.0 Å². The Morgan fingerprint density at radius 2 is 1.40 bits per heavy atom. The number of aliphatic hydroxyl groups is 1. The summed E-state index contributed by atoms with van der Waals surface area (Å²) in [5.41, 5.74) is -1.24. The summed E-state index contributed by atoms with van der Waals surface area (Å²) in [5, 5.41) is 23.0. The van der Waals surface area contributed by atoms with Crippen LogP contribution in [0.25, 0.3) is 0 Å². The van der Waals surface area contributed by atoms with E-state index in [0.29, 0.717) is 49.7 Å². The zero-order chi connectivity index (χ0) is 31.2. The molecule has 1 aliphatic heterocycles. The van der Waals surface area contributed by atoms with E-state index in [2.05, 4.69) is 19.2 Å². The molecule has 1 fully saturated rings. The zero-order valence-corrected chi connectivity index (χ0v) is 24.0. The number of ether oxygens (including phenoxy) is 2. The maximum absolute atomic E-state index is 13.2. The van der Waals surface area contributed by atoms with E-state index in [4.69, 9.17) is 14.6 Å². The van der Waals surface area contributed by atoms with E-state index in [-0.39, 0.29) is 28.8 Å². The summed E-state index contributed by atoms with van der Waals surface area (Å²) in [5.74, 6) is 0.225. The average molecular weight is 601 g/mol. The maximum Gasteiger partial charge on any atom is 0.416 e. The number of amides is 2. The van der Waals surface area contributed by atoms with Crippen LogP contribution in [0.1, 0.15) is 61.9 Å². The van der Waals surface area contributed by atoms with Crippen LogP contribution in [0.2, 0.25) is 0 Å². The molecule has 3 aromatic rings. The van der Waals surface area contributed by atoms with Crippen molar-refractivity contribution in [3.05, 3.63) is 77.9 Å². The van der Waals surface area contributed by atoms with Gasteiger partial charge in [0.1, 0.15) is 23.0 Å². The minimum Gasteiger partial charge on any atom is -0.478 e. The predicted octanol–water partition coefficient (Wildman–Crippen LogP) is 8.17. The quantitative estimate of drug-likeness (QED) is 0.217. The average Bonchev–Trinajstić information content (AvgIpc) is 2.96. The van der Waals surface area contributed by atoms with Gasteiger partial charge in [-0.25, -0.2) is 9.59 Å². The third-order valence-electron chi connectivity index (χ3n) is 7.69. The first kappa shape index (κ1) is 31.7. The lowest BCUT2D eigenvalue weighted by Gasteiger charge is -2.39. The Hall–Kier alpha value is -4.25. The van der Waals surface area contributed by atoms with Gasteiger partial charge < -0.3 is 29.9 Å². The summed E-state index contributed by atoms with van der Waals surface area (Å²) in [7, 11) is 0. The number of nitrogens with one attached hydrogen (secondary N) is 1. The number of rotatable bonds is 10. The van der Waals surface area contributed by atoms with Crippen molar-refractivity contribution in [2.75, 3.05) is 18.4 Å². The minimum absolute atomic E-state index is 0.0769. The molecule has 0 spiro atoms. The number of urea groups is 1. The van der Waals surface area contributed by atoms with Crippen molar-refractivity contribution < 1.29 is 42.4 Å². The second-order valence-corrected chi connectivity index (χ2v) is 10.8. The summed E-state index contributed by atoms with van der Waals surface area (Å²) < 4.78 is 50.7. The van der Waals surface area contributed by atoms with Crippen molar-refractivity contribution in [1.82, 2.24) is 4.90 Å². The molecule has 0 saturated carbocycles. The number of carbonyl (C=O) groups is 2. The van der Waals surface area contributed by atoms with Crippen molar-refractivity contribution in [2.24, 2.45) is 5.92 Å². The van der Waals surface area contributed by atoms with Crippen LogP contribution in [-0.4, -0.2) is 45.8 Å². The number of piperidine rings is 1. The number of likely N-dealkylation sites (tertiary alicyclic amines) is 1. The van der Waals surface area contributed by atoms with Crippen LogP contribution in [0.4, 0.5) is 23.7 Å². The van der Waals surface area contributed by atoms with Gasteiger partial charge in [-0.1, -0.05) is 26.7 Å². The van der Waals surface area contributed by atoms with E-state index >= 15 is 0 Å². The Balaban J connectivity index is 1.51. The molecule has 0 aliphatic carbocycles. The first-order chi connectivity index (χ1) is 20.4. The van der Waals surface area contributed by atoms with Crippen LogP contribution in [-0.2, 0) is 6.18 Å². The number of carboxylic acid groups (broad SMARTS) is 1. The fraction of sp³-hybridized carbons (Fsp3) is 0.375. The molecular formula is C32H35F3N2O6. The van der Waals surface area contributed by atoms with E-state index in [9.17, 15) is 27.9 Å². The van der Waals surface area contributed by atoms with Crippen molar-refractivity contribution in [1.29, 1.82) is 0 Å². The fourth-order valence-corrected chi connectivity index (χ4v) is 5.06. The highest BCUT2D eigenvalue weighted by atomic mass is 19.4. The first-order valence-corrected chi connectivity index (χ1v) is 14.2. The van der Waals surface area contributed by atoms with Gasteiger partial charge in [-0.3, -0.25) is 0 Å². The van der Waals surface area contributed by atoms with Crippen LogP contribution in [0.5, 0.6) is 23.0 Å². The third kappa shape index (κ3) is 8.63. The van der Waals surface area contributed by atoms with Gasteiger partial charge in [-0.2, -0.15) is 13.2 Å². The monoisotopic (exact) mass is 600 g/mol. The summed E-state index contributed by atoms with van der Waals surface area (Å²) in [6, 6.07) is 14.1. The van der Waals surface area contributed by atoms with Crippen molar-refractivity contribution in [3.63, 3.8) is 0 Å². The Kier molecular flexibility index (Phi) is 9.85. The molecule has 230 valence electrons. The van der Waals surface area contributed by atoms with Gasteiger partial charge in [-0.15, -0.1) is 0 Å². The molecule has 1 aliphatic rings. The number of hydrogen-bond donors (Lipinski definition) is 3. The van der Waals surface area contributed by atoms with Crippen molar-refractivity contribution in [2.45, 2.75) is 57.7 Å². The molecule has 1 heterocycles. The predicted molar refractivity (Wildman–Crippen MR) is 155 cm³/mol. The lowest BCUT2D eigenvalue weighted by atomic mass is 9.81. The molecule has 0 bridgehead atoms. The van der Waals surface area contributed by atoms with E-state index < -0.39 is 23.3 Å². The number of carbonyl (C=O) groups excluding carboxylic acids is 1. The van der Waals surface area contributed by atoms with Crippen LogP contribution in [0.15, 0.2) is 66.7 Å². The lowest BCUT2D eigenvalue weighted by molar-refractivity contribution is -0.137. The van der Waals surface area contributed by atoms with Gasteiger partial charge in [0, 0.05) is 37.0 Å². The second-order valence-electron chi connectivity index (χ2n) is 10.8. The zero-order valence-electron chi connectivity index (χ0n) is 24.0. The SMILES string of the molecule is CCC(CC)CC1(O)CCN(C(=O)Nc2cc(Oc3ccc(C(=O)O)cc3)cc(Oc3ccc(C(F)(F)F)cc3)c2)CC1. The van der Waals surface area contributed by atoms with E-state index in [1.165, 1.54) is 48.5 Å². The number of aromatic carboxylic acids is 1. The molecule has 0 radical (unpaired) electrons. The van der Waals surface area contributed by atoms with Gasteiger partial charge in [-0.05, 0) is 73.7 Å². The number of carboxylic acids is 1.